The van der Waals surface area contributed by atoms with E-state index in [0.29, 0.717) is 6.29 Å². The van der Waals surface area contributed by atoms with Gasteiger partial charge in [0.05, 0.1) is 0 Å². The molecule has 58 valence electrons. The van der Waals surface area contributed by atoms with Gasteiger partial charge < -0.3 is 9.53 Å². The molecular formula is C8H8O3. The van der Waals surface area contributed by atoms with E-state index in [1.165, 1.54) is 0 Å². The van der Waals surface area contributed by atoms with E-state index in [4.69, 9.17) is 4.74 Å². The number of ether oxygens (including phenoxy) is 1. The van der Waals surface area contributed by atoms with E-state index in [9.17, 15) is 9.59 Å². The summed E-state index contributed by atoms with van der Waals surface area (Å²) in [5, 5.41) is 0. The second-order valence-electron chi connectivity index (χ2n) is 2.88. The summed E-state index contributed by atoms with van der Waals surface area (Å²) in [7, 11) is 0. The third-order valence-electron chi connectivity index (χ3n) is 2.26. The molecule has 3 unspecified atom stereocenters. The molecule has 0 N–H and O–H groups in total. The van der Waals surface area contributed by atoms with E-state index in [0.717, 1.165) is 6.42 Å². The number of hydrogen-bond acceptors (Lipinski definition) is 3. The fraction of sp³-hybridized carbons (Fsp3) is 0.500. The summed E-state index contributed by atoms with van der Waals surface area (Å²) in [6, 6.07) is 0. The molecule has 1 aliphatic carbocycles. The van der Waals surface area contributed by atoms with E-state index >= 15 is 0 Å². The topological polar surface area (TPSA) is 43.4 Å². The number of fused-ring (bicyclic) bond motifs is 1. The molecule has 3 heteroatoms. The maximum atomic E-state index is 10.9. The highest BCUT2D eigenvalue weighted by molar-refractivity contribution is 5.90. The summed E-state index contributed by atoms with van der Waals surface area (Å²) in [6.07, 6.45) is 5.24. The lowest BCUT2D eigenvalue weighted by Crippen LogP contribution is -2.16. The largest absolute Gasteiger partial charge is 0.461 e. The van der Waals surface area contributed by atoms with Crippen LogP contribution in [0.4, 0.5) is 0 Å². The van der Waals surface area contributed by atoms with Crippen LogP contribution in [-0.2, 0) is 14.3 Å². The average Bonchev–Trinajstić information content (AvgIpc) is 2.46. The molecule has 2 rings (SSSR count). The van der Waals surface area contributed by atoms with Crippen LogP contribution in [0.3, 0.4) is 0 Å². The van der Waals surface area contributed by atoms with Crippen LogP contribution >= 0.6 is 0 Å². The van der Waals surface area contributed by atoms with Gasteiger partial charge in [-0.3, -0.25) is 4.79 Å². The molecule has 0 aromatic rings. The molecule has 0 radical (unpaired) electrons. The zero-order chi connectivity index (χ0) is 7.84. The minimum atomic E-state index is -0.543. The lowest BCUT2D eigenvalue weighted by molar-refractivity contribution is -0.145. The summed E-state index contributed by atoms with van der Waals surface area (Å²) in [5.74, 6) is -0.891. The highest BCUT2D eigenvalue weighted by Crippen LogP contribution is 2.34. The van der Waals surface area contributed by atoms with Crippen molar-refractivity contribution in [2.24, 2.45) is 11.8 Å². The van der Waals surface area contributed by atoms with Crippen molar-refractivity contribution in [3.8, 4) is 0 Å². The fourth-order valence-corrected chi connectivity index (χ4v) is 1.66. The SMILES string of the molecule is O=CC1C(=O)OC2CC=CC21. The van der Waals surface area contributed by atoms with E-state index in [-0.39, 0.29) is 18.0 Å². The summed E-state index contributed by atoms with van der Waals surface area (Å²) in [5.41, 5.74) is 0. The molecule has 2 aliphatic rings. The number of hydrogen-bond donors (Lipinski definition) is 0. The third-order valence-corrected chi connectivity index (χ3v) is 2.26. The first kappa shape index (κ1) is 6.58. The Balaban J connectivity index is 2.25. The van der Waals surface area contributed by atoms with Crippen molar-refractivity contribution < 1.29 is 14.3 Å². The quantitative estimate of drug-likeness (QED) is 0.235. The number of carbonyl (C=O) groups excluding carboxylic acids is 2. The molecule has 0 spiro atoms. The first-order valence-electron chi connectivity index (χ1n) is 3.65. The smallest absolute Gasteiger partial charge is 0.317 e. The van der Waals surface area contributed by atoms with Crippen LogP contribution in [0.2, 0.25) is 0 Å². The van der Waals surface area contributed by atoms with Crippen LogP contribution in [0.1, 0.15) is 6.42 Å². The molecule has 1 aliphatic heterocycles. The molecule has 3 atom stereocenters. The summed E-state index contributed by atoms with van der Waals surface area (Å²) >= 11 is 0. The first-order valence-corrected chi connectivity index (χ1v) is 3.65. The Labute approximate surface area is 64.0 Å². The van der Waals surface area contributed by atoms with Gasteiger partial charge in [-0.05, 0) is 0 Å². The zero-order valence-corrected chi connectivity index (χ0v) is 5.90. The van der Waals surface area contributed by atoms with Gasteiger partial charge in [-0.2, -0.15) is 0 Å². The van der Waals surface area contributed by atoms with E-state index in [1.807, 2.05) is 12.2 Å². The molecule has 1 saturated heterocycles. The van der Waals surface area contributed by atoms with Gasteiger partial charge >= 0.3 is 5.97 Å². The number of aldehydes is 1. The van der Waals surface area contributed by atoms with Gasteiger partial charge in [0.25, 0.3) is 0 Å². The fourth-order valence-electron chi connectivity index (χ4n) is 1.66. The van der Waals surface area contributed by atoms with Crippen molar-refractivity contribution in [2.75, 3.05) is 0 Å². The predicted octanol–water partition coefficient (Wildman–Crippen LogP) is 0.303. The van der Waals surface area contributed by atoms with Gasteiger partial charge in [0.2, 0.25) is 0 Å². The van der Waals surface area contributed by atoms with Crippen molar-refractivity contribution in [3.05, 3.63) is 12.2 Å². The monoisotopic (exact) mass is 152 g/mol. The number of rotatable bonds is 1. The zero-order valence-electron chi connectivity index (χ0n) is 5.90. The number of esters is 1. The van der Waals surface area contributed by atoms with Crippen molar-refractivity contribution in [2.45, 2.75) is 12.5 Å². The molecular weight excluding hydrogens is 144 g/mol. The third kappa shape index (κ3) is 0.803. The van der Waals surface area contributed by atoms with E-state index in [2.05, 4.69) is 0 Å². The molecule has 11 heavy (non-hydrogen) atoms. The van der Waals surface area contributed by atoms with E-state index in [1.54, 1.807) is 0 Å². The second-order valence-corrected chi connectivity index (χ2v) is 2.88. The van der Waals surface area contributed by atoms with Crippen LogP contribution in [-0.4, -0.2) is 18.4 Å². The molecule has 0 saturated carbocycles. The molecule has 1 heterocycles. The second kappa shape index (κ2) is 2.19. The minimum absolute atomic E-state index is 0.0139. The lowest BCUT2D eigenvalue weighted by Gasteiger charge is -2.05. The van der Waals surface area contributed by atoms with Gasteiger partial charge in [-0.15, -0.1) is 0 Å². The highest BCUT2D eigenvalue weighted by Gasteiger charge is 2.44. The van der Waals surface area contributed by atoms with Gasteiger partial charge in [0.1, 0.15) is 18.3 Å². The summed E-state index contributed by atoms with van der Waals surface area (Å²) < 4.78 is 4.96. The Morgan fingerprint density at radius 2 is 2.45 bits per heavy atom. The maximum Gasteiger partial charge on any atom is 0.317 e. The van der Waals surface area contributed by atoms with Crippen LogP contribution in [0.15, 0.2) is 12.2 Å². The predicted molar refractivity (Wildman–Crippen MR) is 36.7 cm³/mol. The van der Waals surface area contributed by atoms with Crippen LogP contribution < -0.4 is 0 Å². The molecule has 0 bridgehead atoms. The van der Waals surface area contributed by atoms with Gasteiger partial charge in [0, 0.05) is 12.3 Å². The van der Waals surface area contributed by atoms with Gasteiger partial charge in [-0.1, -0.05) is 12.2 Å². The van der Waals surface area contributed by atoms with Crippen LogP contribution in [0.25, 0.3) is 0 Å². The molecule has 3 nitrogen and oxygen atoms in total. The maximum absolute atomic E-state index is 10.9. The van der Waals surface area contributed by atoms with E-state index < -0.39 is 5.92 Å². The molecule has 0 amide bonds. The van der Waals surface area contributed by atoms with Gasteiger partial charge in [0.15, 0.2) is 0 Å². The van der Waals surface area contributed by atoms with Crippen molar-refractivity contribution in [3.63, 3.8) is 0 Å². The normalized spacial score (nSPS) is 40.4. The Morgan fingerprint density at radius 1 is 1.64 bits per heavy atom. The Morgan fingerprint density at radius 3 is 3.18 bits per heavy atom. The first-order chi connectivity index (χ1) is 5.33. The number of carbonyl (C=O) groups is 2. The van der Waals surface area contributed by atoms with Crippen molar-refractivity contribution >= 4 is 12.3 Å². The Hall–Kier alpha value is -1.12. The van der Waals surface area contributed by atoms with Crippen LogP contribution in [0, 0.1) is 11.8 Å². The summed E-state index contributed by atoms with van der Waals surface area (Å²) in [4.78, 5) is 21.4. The van der Waals surface area contributed by atoms with Crippen LogP contribution in [0.5, 0.6) is 0 Å². The molecule has 1 fully saturated rings. The van der Waals surface area contributed by atoms with Gasteiger partial charge in [-0.25, -0.2) is 0 Å². The average molecular weight is 152 g/mol. The standard InChI is InChI=1S/C8H8O3/c9-4-6-5-2-1-3-7(5)11-8(6)10/h1-2,4-7H,3H2. The molecule has 0 aromatic heterocycles. The minimum Gasteiger partial charge on any atom is -0.461 e. The van der Waals surface area contributed by atoms with Crippen molar-refractivity contribution in [1.29, 1.82) is 0 Å². The lowest BCUT2D eigenvalue weighted by atomic mass is 9.95. The molecule has 0 aromatic carbocycles. The summed E-state index contributed by atoms with van der Waals surface area (Å²) in [6.45, 7) is 0. The van der Waals surface area contributed by atoms with Crippen molar-refractivity contribution in [1.82, 2.24) is 0 Å². The Bertz CT molecular complexity index is 231. The Kier molecular flexibility index (Phi) is 1.31. The highest BCUT2D eigenvalue weighted by atomic mass is 16.6.